The van der Waals surface area contributed by atoms with Gasteiger partial charge in [0.2, 0.25) is 0 Å². The smallest absolute Gasteiger partial charge is 0.0836 e. The van der Waals surface area contributed by atoms with Gasteiger partial charge in [-0.3, -0.25) is 0 Å². The summed E-state index contributed by atoms with van der Waals surface area (Å²) in [6, 6.07) is 7.88. The summed E-state index contributed by atoms with van der Waals surface area (Å²) in [5.41, 5.74) is 3.20. The lowest BCUT2D eigenvalue weighted by atomic mass is 10.1. The minimum Gasteiger partial charge on any atom is -0.388 e. The second-order valence-corrected chi connectivity index (χ2v) is 2.91. The maximum absolute atomic E-state index is 9.49. The van der Waals surface area contributed by atoms with E-state index >= 15 is 0 Å². The lowest BCUT2D eigenvalue weighted by Gasteiger charge is -2.00. The van der Waals surface area contributed by atoms with E-state index in [1.54, 1.807) is 0 Å². The summed E-state index contributed by atoms with van der Waals surface area (Å²) in [5, 5.41) is 9.49. The van der Waals surface area contributed by atoms with E-state index in [1.165, 1.54) is 0 Å². The molecular formula is C10H10O. The molecule has 0 amide bonds. The van der Waals surface area contributed by atoms with E-state index in [0.29, 0.717) is 6.42 Å². The largest absolute Gasteiger partial charge is 0.388 e. The number of benzene rings is 1. The Morgan fingerprint density at radius 3 is 2.82 bits per heavy atom. The summed E-state index contributed by atoms with van der Waals surface area (Å²) in [6.07, 6.45) is 0.373. The number of aliphatic hydroxyl groups excluding tert-OH is 1. The van der Waals surface area contributed by atoms with Crippen LogP contribution in [0, 0.1) is 0 Å². The molecule has 11 heavy (non-hydrogen) atoms. The van der Waals surface area contributed by atoms with Gasteiger partial charge in [-0.1, -0.05) is 30.8 Å². The van der Waals surface area contributed by atoms with Gasteiger partial charge in [0.25, 0.3) is 0 Å². The maximum atomic E-state index is 9.49. The highest BCUT2D eigenvalue weighted by atomic mass is 16.3. The van der Waals surface area contributed by atoms with Crippen LogP contribution in [0.25, 0.3) is 5.57 Å². The van der Waals surface area contributed by atoms with E-state index < -0.39 is 0 Å². The normalized spacial score (nSPS) is 21.9. The molecule has 0 aromatic heterocycles. The topological polar surface area (TPSA) is 20.2 Å². The Labute approximate surface area is 66.0 Å². The van der Waals surface area contributed by atoms with Crippen LogP contribution in [0.4, 0.5) is 0 Å². The summed E-state index contributed by atoms with van der Waals surface area (Å²) in [6.45, 7) is 3.89. The summed E-state index contributed by atoms with van der Waals surface area (Å²) in [4.78, 5) is 0. The first-order chi connectivity index (χ1) is 5.29. The third kappa shape index (κ3) is 0.889. The molecule has 1 aliphatic carbocycles. The Bertz CT molecular complexity index is 301. The quantitative estimate of drug-likeness (QED) is 0.594. The Morgan fingerprint density at radius 1 is 1.36 bits per heavy atom. The highest BCUT2D eigenvalue weighted by Gasteiger charge is 2.21. The molecule has 0 saturated heterocycles. The number of rotatable bonds is 0. The zero-order valence-corrected chi connectivity index (χ0v) is 6.25. The van der Waals surface area contributed by atoms with E-state index in [1.807, 2.05) is 24.3 Å². The molecule has 0 aliphatic heterocycles. The van der Waals surface area contributed by atoms with Gasteiger partial charge in [-0.2, -0.15) is 0 Å². The van der Waals surface area contributed by atoms with Crippen molar-refractivity contribution in [3.8, 4) is 0 Å². The predicted molar refractivity (Wildman–Crippen MR) is 45.1 cm³/mol. The molecule has 1 nitrogen and oxygen atoms in total. The molecule has 0 heterocycles. The molecule has 1 unspecified atom stereocenters. The van der Waals surface area contributed by atoms with Gasteiger partial charge in [0, 0.05) is 6.42 Å². The minimum absolute atomic E-state index is 0.321. The highest BCUT2D eigenvalue weighted by Crippen LogP contribution is 2.37. The van der Waals surface area contributed by atoms with Crippen LogP contribution in [0.2, 0.25) is 0 Å². The molecule has 56 valence electrons. The van der Waals surface area contributed by atoms with Crippen LogP contribution in [-0.4, -0.2) is 5.11 Å². The van der Waals surface area contributed by atoms with Crippen LogP contribution in [-0.2, 0) is 0 Å². The zero-order valence-electron chi connectivity index (χ0n) is 6.25. The van der Waals surface area contributed by atoms with Crippen LogP contribution < -0.4 is 0 Å². The SMILES string of the molecule is C=C1CC(O)c2ccccc21. The summed E-state index contributed by atoms with van der Waals surface area (Å²) < 4.78 is 0. The van der Waals surface area contributed by atoms with Gasteiger partial charge >= 0.3 is 0 Å². The van der Waals surface area contributed by atoms with Gasteiger partial charge in [0.1, 0.15) is 0 Å². The van der Waals surface area contributed by atoms with Crippen molar-refractivity contribution in [2.45, 2.75) is 12.5 Å². The van der Waals surface area contributed by atoms with Gasteiger partial charge in [0.05, 0.1) is 6.10 Å². The maximum Gasteiger partial charge on any atom is 0.0836 e. The highest BCUT2D eigenvalue weighted by molar-refractivity contribution is 5.71. The van der Waals surface area contributed by atoms with Crippen molar-refractivity contribution in [3.63, 3.8) is 0 Å². The van der Waals surface area contributed by atoms with Crippen molar-refractivity contribution >= 4 is 5.57 Å². The molecule has 0 fully saturated rings. The fourth-order valence-corrected chi connectivity index (χ4v) is 1.56. The molecule has 1 aromatic carbocycles. The van der Waals surface area contributed by atoms with Gasteiger partial charge in [-0.15, -0.1) is 0 Å². The van der Waals surface area contributed by atoms with Crippen LogP contribution in [0.5, 0.6) is 0 Å². The number of aliphatic hydroxyl groups is 1. The zero-order chi connectivity index (χ0) is 7.84. The van der Waals surface area contributed by atoms with Crippen molar-refractivity contribution in [2.75, 3.05) is 0 Å². The standard InChI is InChI=1S/C10H10O/c1-7-6-10(11)9-5-3-2-4-8(7)9/h2-5,10-11H,1,6H2. The third-order valence-corrected chi connectivity index (χ3v) is 2.14. The van der Waals surface area contributed by atoms with Crippen molar-refractivity contribution in [2.24, 2.45) is 0 Å². The van der Waals surface area contributed by atoms with Crippen LogP contribution in [0.15, 0.2) is 30.8 Å². The molecule has 1 N–H and O–H groups in total. The molecule has 0 spiro atoms. The molecule has 2 rings (SSSR count). The average Bonchev–Trinajstić information content (AvgIpc) is 2.30. The van der Waals surface area contributed by atoms with E-state index in [4.69, 9.17) is 0 Å². The molecule has 1 atom stereocenters. The minimum atomic E-state index is -0.321. The van der Waals surface area contributed by atoms with E-state index in [2.05, 4.69) is 6.58 Å². The molecule has 0 radical (unpaired) electrons. The lowest BCUT2D eigenvalue weighted by molar-refractivity contribution is 0.190. The first-order valence-electron chi connectivity index (χ1n) is 3.74. The van der Waals surface area contributed by atoms with Crippen LogP contribution in [0.3, 0.4) is 0 Å². The fraction of sp³-hybridized carbons (Fsp3) is 0.200. The first-order valence-corrected chi connectivity index (χ1v) is 3.74. The summed E-state index contributed by atoms with van der Waals surface area (Å²) >= 11 is 0. The monoisotopic (exact) mass is 146 g/mol. The number of hydrogen-bond donors (Lipinski definition) is 1. The Kier molecular flexibility index (Phi) is 1.33. The molecule has 1 aromatic rings. The second-order valence-electron chi connectivity index (χ2n) is 2.91. The van der Waals surface area contributed by atoms with E-state index in [-0.39, 0.29) is 6.10 Å². The van der Waals surface area contributed by atoms with E-state index in [9.17, 15) is 5.11 Å². The Balaban J connectivity index is 2.60. The third-order valence-electron chi connectivity index (χ3n) is 2.14. The van der Waals surface area contributed by atoms with Crippen molar-refractivity contribution in [3.05, 3.63) is 42.0 Å². The first kappa shape index (κ1) is 6.62. The predicted octanol–water partition coefficient (Wildman–Crippen LogP) is 2.14. The number of hydrogen-bond acceptors (Lipinski definition) is 1. The fourth-order valence-electron chi connectivity index (χ4n) is 1.56. The molecule has 0 saturated carbocycles. The second kappa shape index (κ2) is 2.21. The lowest BCUT2D eigenvalue weighted by Crippen LogP contribution is -1.88. The van der Waals surface area contributed by atoms with Gasteiger partial charge in [-0.05, 0) is 16.7 Å². The molecule has 0 bridgehead atoms. The molecular weight excluding hydrogens is 136 g/mol. The van der Waals surface area contributed by atoms with Crippen LogP contribution >= 0.6 is 0 Å². The van der Waals surface area contributed by atoms with Crippen molar-refractivity contribution in [1.82, 2.24) is 0 Å². The Hall–Kier alpha value is -1.08. The van der Waals surface area contributed by atoms with Crippen molar-refractivity contribution < 1.29 is 5.11 Å². The Morgan fingerprint density at radius 2 is 2.09 bits per heavy atom. The van der Waals surface area contributed by atoms with Crippen LogP contribution in [0.1, 0.15) is 23.7 Å². The molecule has 1 heteroatoms. The van der Waals surface area contributed by atoms with Gasteiger partial charge in [0.15, 0.2) is 0 Å². The number of fused-ring (bicyclic) bond motifs is 1. The average molecular weight is 146 g/mol. The summed E-state index contributed by atoms with van der Waals surface area (Å²) in [5.74, 6) is 0. The molecule has 1 aliphatic rings. The van der Waals surface area contributed by atoms with Gasteiger partial charge in [-0.25, -0.2) is 0 Å². The van der Waals surface area contributed by atoms with Gasteiger partial charge < -0.3 is 5.11 Å². The van der Waals surface area contributed by atoms with E-state index in [0.717, 1.165) is 16.7 Å². The summed E-state index contributed by atoms with van der Waals surface area (Å²) in [7, 11) is 0. The van der Waals surface area contributed by atoms with Crippen molar-refractivity contribution in [1.29, 1.82) is 0 Å².